The quantitative estimate of drug-likeness (QED) is 0.828. The lowest BCUT2D eigenvalue weighted by atomic mass is 9.99. The summed E-state index contributed by atoms with van der Waals surface area (Å²) in [6, 6.07) is 0. The van der Waals surface area contributed by atoms with Crippen molar-refractivity contribution in [2.75, 3.05) is 13.2 Å². The molecular formula is C12H19N3O2. The van der Waals surface area contributed by atoms with Crippen molar-refractivity contribution < 1.29 is 9.53 Å². The van der Waals surface area contributed by atoms with E-state index in [1.165, 1.54) is 0 Å². The number of carbonyl (C=O) groups excluding carboxylic acids is 1. The van der Waals surface area contributed by atoms with Crippen LogP contribution in [-0.4, -0.2) is 35.4 Å². The Bertz CT molecular complexity index is 389. The summed E-state index contributed by atoms with van der Waals surface area (Å²) in [5.41, 5.74) is 1.43. The van der Waals surface area contributed by atoms with Crippen molar-refractivity contribution in [1.29, 1.82) is 0 Å². The molecule has 0 aromatic carbocycles. The highest BCUT2D eigenvalue weighted by Gasteiger charge is 2.27. The Kier molecular flexibility index (Phi) is 3.78. The Morgan fingerprint density at radius 1 is 1.71 bits per heavy atom. The molecule has 2 atom stereocenters. The van der Waals surface area contributed by atoms with Gasteiger partial charge in [0.25, 0.3) is 5.91 Å². The maximum absolute atomic E-state index is 11.9. The van der Waals surface area contributed by atoms with Gasteiger partial charge < -0.3 is 10.1 Å². The predicted octanol–water partition coefficient (Wildman–Crippen LogP) is 1.26. The van der Waals surface area contributed by atoms with Crippen LogP contribution < -0.4 is 5.32 Å². The lowest BCUT2D eigenvalue weighted by Gasteiger charge is -2.17. The minimum atomic E-state index is -0.0574. The van der Waals surface area contributed by atoms with E-state index in [1.54, 1.807) is 6.20 Å². The van der Waals surface area contributed by atoms with Gasteiger partial charge in [-0.05, 0) is 19.8 Å². The number of H-pyrrole nitrogens is 1. The largest absolute Gasteiger partial charge is 0.378 e. The van der Waals surface area contributed by atoms with Crippen molar-refractivity contribution >= 4 is 5.91 Å². The van der Waals surface area contributed by atoms with Gasteiger partial charge in [-0.2, -0.15) is 5.10 Å². The van der Waals surface area contributed by atoms with Crippen LogP contribution in [0.15, 0.2) is 6.20 Å². The van der Waals surface area contributed by atoms with Gasteiger partial charge in [0.15, 0.2) is 0 Å². The average molecular weight is 237 g/mol. The minimum Gasteiger partial charge on any atom is -0.378 e. The van der Waals surface area contributed by atoms with E-state index < -0.39 is 0 Å². The van der Waals surface area contributed by atoms with Crippen LogP contribution >= 0.6 is 0 Å². The third kappa shape index (κ3) is 2.66. The molecule has 2 unspecified atom stereocenters. The van der Waals surface area contributed by atoms with E-state index in [9.17, 15) is 4.79 Å². The molecule has 0 spiro atoms. The zero-order valence-electron chi connectivity index (χ0n) is 10.3. The van der Waals surface area contributed by atoms with Crippen LogP contribution in [0.5, 0.6) is 0 Å². The molecule has 5 heteroatoms. The minimum absolute atomic E-state index is 0.0574. The Labute approximate surface area is 101 Å². The molecule has 17 heavy (non-hydrogen) atoms. The maximum Gasteiger partial charge on any atom is 0.254 e. The number of aromatic amines is 1. The second-order valence-electron chi connectivity index (χ2n) is 4.48. The number of hydrogen-bond acceptors (Lipinski definition) is 3. The fourth-order valence-corrected chi connectivity index (χ4v) is 2.28. The topological polar surface area (TPSA) is 67.0 Å². The molecule has 94 valence electrons. The summed E-state index contributed by atoms with van der Waals surface area (Å²) in [5.74, 6) is 0.383. The molecule has 1 fully saturated rings. The highest BCUT2D eigenvalue weighted by atomic mass is 16.5. The number of nitrogens with one attached hydrogen (secondary N) is 2. The van der Waals surface area contributed by atoms with Gasteiger partial charge in [-0.15, -0.1) is 0 Å². The van der Waals surface area contributed by atoms with Crippen LogP contribution in [-0.2, 0) is 4.74 Å². The number of nitrogens with zero attached hydrogens (tertiary/aromatic N) is 1. The Balaban J connectivity index is 1.86. The van der Waals surface area contributed by atoms with E-state index in [4.69, 9.17) is 4.74 Å². The first-order valence-corrected chi connectivity index (χ1v) is 6.12. The molecule has 1 aliphatic heterocycles. The van der Waals surface area contributed by atoms with Crippen molar-refractivity contribution in [3.05, 3.63) is 17.5 Å². The van der Waals surface area contributed by atoms with Gasteiger partial charge in [-0.3, -0.25) is 9.89 Å². The van der Waals surface area contributed by atoms with Gasteiger partial charge in [0, 0.05) is 24.8 Å². The van der Waals surface area contributed by atoms with Crippen LogP contribution in [0.4, 0.5) is 0 Å². The van der Waals surface area contributed by atoms with Crippen LogP contribution in [0.3, 0.4) is 0 Å². The zero-order valence-corrected chi connectivity index (χ0v) is 10.3. The Morgan fingerprint density at radius 2 is 2.53 bits per heavy atom. The summed E-state index contributed by atoms with van der Waals surface area (Å²) in [7, 11) is 0. The number of amides is 1. The molecule has 1 aromatic rings. The summed E-state index contributed by atoms with van der Waals surface area (Å²) < 4.78 is 5.59. The number of ether oxygens (including phenoxy) is 1. The summed E-state index contributed by atoms with van der Waals surface area (Å²) in [6.07, 6.45) is 3.89. The van der Waals surface area contributed by atoms with Crippen LogP contribution in [0.2, 0.25) is 0 Å². The summed E-state index contributed by atoms with van der Waals surface area (Å²) in [4.78, 5) is 11.9. The molecule has 1 saturated heterocycles. The van der Waals surface area contributed by atoms with Crippen molar-refractivity contribution in [2.24, 2.45) is 5.92 Å². The molecule has 5 nitrogen and oxygen atoms in total. The summed E-state index contributed by atoms with van der Waals surface area (Å²) in [5, 5.41) is 9.56. The highest BCUT2D eigenvalue weighted by Crippen LogP contribution is 2.22. The smallest absolute Gasteiger partial charge is 0.254 e. The number of carbonyl (C=O) groups is 1. The number of rotatable bonds is 4. The highest BCUT2D eigenvalue weighted by molar-refractivity contribution is 5.94. The van der Waals surface area contributed by atoms with Crippen molar-refractivity contribution in [1.82, 2.24) is 15.5 Å². The molecule has 2 rings (SSSR count). The van der Waals surface area contributed by atoms with E-state index in [-0.39, 0.29) is 5.91 Å². The average Bonchev–Trinajstić information content (AvgIpc) is 2.94. The van der Waals surface area contributed by atoms with Gasteiger partial charge in [0.2, 0.25) is 0 Å². The molecule has 1 amide bonds. The molecule has 2 heterocycles. The molecule has 0 aliphatic carbocycles. The zero-order chi connectivity index (χ0) is 12.3. The van der Waals surface area contributed by atoms with E-state index >= 15 is 0 Å². The van der Waals surface area contributed by atoms with Crippen LogP contribution in [0.25, 0.3) is 0 Å². The molecule has 1 aliphatic rings. The lowest BCUT2D eigenvalue weighted by Crippen LogP contribution is -2.32. The number of aryl methyl sites for hydroxylation is 1. The van der Waals surface area contributed by atoms with Crippen molar-refractivity contribution in [3.8, 4) is 0 Å². The van der Waals surface area contributed by atoms with Gasteiger partial charge in [0.05, 0.1) is 17.9 Å². The SMILES string of the molecule is CCC1OCCC1CNC(=O)c1cn[nH]c1C. The molecule has 0 radical (unpaired) electrons. The predicted molar refractivity (Wildman–Crippen MR) is 63.8 cm³/mol. The monoisotopic (exact) mass is 237 g/mol. The first-order chi connectivity index (χ1) is 8.22. The van der Waals surface area contributed by atoms with Gasteiger partial charge in [-0.1, -0.05) is 6.92 Å². The third-order valence-corrected chi connectivity index (χ3v) is 3.35. The Hall–Kier alpha value is -1.36. The van der Waals surface area contributed by atoms with Crippen LogP contribution in [0, 0.1) is 12.8 Å². The number of hydrogen-bond donors (Lipinski definition) is 2. The van der Waals surface area contributed by atoms with Crippen molar-refractivity contribution in [2.45, 2.75) is 32.8 Å². The molecule has 0 saturated carbocycles. The second-order valence-corrected chi connectivity index (χ2v) is 4.48. The van der Waals surface area contributed by atoms with Gasteiger partial charge in [-0.25, -0.2) is 0 Å². The summed E-state index contributed by atoms with van der Waals surface area (Å²) in [6.45, 7) is 5.45. The first kappa shape index (κ1) is 12.1. The summed E-state index contributed by atoms with van der Waals surface area (Å²) >= 11 is 0. The van der Waals surface area contributed by atoms with Gasteiger partial charge >= 0.3 is 0 Å². The maximum atomic E-state index is 11.9. The standard InChI is InChI=1S/C12H19N3O2/c1-3-11-9(4-5-17-11)6-13-12(16)10-7-14-15-8(10)2/h7,9,11H,3-6H2,1-2H3,(H,13,16)(H,14,15). The van der Waals surface area contributed by atoms with Gasteiger partial charge in [0.1, 0.15) is 0 Å². The van der Waals surface area contributed by atoms with Crippen molar-refractivity contribution in [3.63, 3.8) is 0 Å². The van der Waals surface area contributed by atoms with E-state index in [2.05, 4.69) is 22.4 Å². The van der Waals surface area contributed by atoms with Crippen LogP contribution in [0.1, 0.15) is 35.8 Å². The third-order valence-electron chi connectivity index (χ3n) is 3.35. The van der Waals surface area contributed by atoms with E-state index in [0.717, 1.165) is 25.1 Å². The first-order valence-electron chi connectivity index (χ1n) is 6.12. The molecule has 1 aromatic heterocycles. The molecule has 0 bridgehead atoms. The number of aromatic nitrogens is 2. The lowest BCUT2D eigenvalue weighted by molar-refractivity contribution is 0.0826. The fourth-order valence-electron chi connectivity index (χ4n) is 2.28. The fraction of sp³-hybridized carbons (Fsp3) is 0.667. The normalized spacial score (nSPS) is 23.9. The second kappa shape index (κ2) is 5.31. The van der Waals surface area contributed by atoms with E-state index in [0.29, 0.717) is 24.1 Å². The van der Waals surface area contributed by atoms with E-state index in [1.807, 2.05) is 6.92 Å². The molecule has 2 N–H and O–H groups in total. The Morgan fingerprint density at radius 3 is 3.18 bits per heavy atom. The molecular weight excluding hydrogens is 218 g/mol.